The Hall–Kier alpha value is -2.57. The van der Waals surface area contributed by atoms with Crippen molar-refractivity contribution in [2.75, 3.05) is 39.4 Å². The Bertz CT molecular complexity index is 1300. The number of morpholine rings is 1. The zero-order chi connectivity index (χ0) is 23.6. The number of nitrogens with zero attached hydrogens (tertiary/aromatic N) is 4. The van der Waals surface area contributed by atoms with Crippen molar-refractivity contribution in [1.82, 2.24) is 24.6 Å². The van der Waals surface area contributed by atoms with E-state index in [0.717, 1.165) is 13.1 Å². The zero-order valence-electron chi connectivity index (χ0n) is 19.3. The summed E-state index contributed by atoms with van der Waals surface area (Å²) < 4.78 is 40.5. The molecule has 34 heavy (non-hydrogen) atoms. The summed E-state index contributed by atoms with van der Waals surface area (Å²) in [5.41, 5.74) is 2.34. The number of aryl methyl sites for hydroxylation is 3. The molecule has 3 aromatic rings. The van der Waals surface area contributed by atoms with Crippen LogP contribution in [0.25, 0.3) is 16.9 Å². The van der Waals surface area contributed by atoms with Crippen LogP contribution in [0.5, 0.6) is 0 Å². The Balaban J connectivity index is 0.00000324. The van der Waals surface area contributed by atoms with Gasteiger partial charge in [-0.25, -0.2) is 13.1 Å². The van der Waals surface area contributed by atoms with Gasteiger partial charge in [-0.05, 0) is 38.5 Å². The highest BCUT2D eigenvalue weighted by Gasteiger charge is 2.20. The smallest absolute Gasteiger partial charge is 0.271 e. The van der Waals surface area contributed by atoms with E-state index in [1.807, 2.05) is 0 Å². The quantitative estimate of drug-likeness (QED) is 0.512. The Labute approximate surface area is 204 Å². The maximum absolute atomic E-state index is 13.0. The lowest BCUT2D eigenvalue weighted by Crippen LogP contribution is -2.41. The molecule has 184 valence electrons. The van der Waals surface area contributed by atoms with Gasteiger partial charge in [0.2, 0.25) is 10.0 Å². The predicted molar refractivity (Wildman–Crippen MR) is 129 cm³/mol. The van der Waals surface area contributed by atoms with Crippen LogP contribution in [0.4, 0.5) is 0 Å². The van der Waals surface area contributed by atoms with Crippen LogP contribution < -0.4 is 10.3 Å². The second-order valence-electron chi connectivity index (χ2n) is 7.97. The van der Waals surface area contributed by atoms with Crippen LogP contribution >= 0.6 is 12.4 Å². The lowest BCUT2D eigenvalue weighted by molar-refractivity contribution is 0.0390. The molecule has 0 atom stereocenters. The number of hydrogen-bond donors (Lipinski definition) is 1. The molecule has 12 heteroatoms. The van der Waals surface area contributed by atoms with E-state index in [0.29, 0.717) is 60.3 Å². The summed E-state index contributed by atoms with van der Waals surface area (Å²) in [6, 6.07) is 8.06. The molecule has 0 bridgehead atoms. The number of sulfonamides is 1. The summed E-state index contributed by atoms with van der Waals surface area (Å²) in [6.07, 6.45) is 0. The van der Waals surface area contributed by atoms with Crippen LogP contribution in [-0.4, -0.2) is 67.6 Å². The first-order chi connectivity index (χ1) is 15.8. The van der Waals surface area contributed by atoms with Crippen LogP contribution in [0.1, 0.15) is 17.0 Å². The summed E-state index contributed by atoms with van der Waals surface area (Å²) in [5.74, 6) is 0.468. The average molecular weight is 510 g/mol. The molecule has 1 aromatic carbocycles. The molecule has 1 saturated heterocycles. The lowest BCUT2D eigenvalue weighted by Gasteiger charge is -2.26. The first-order valence-corrected chi connectivity index (χ1v) is 12.2. The van der Waals surface area contributed by atoms with Gasteiger partial charge < -0.3 is 9.26 Å². The Morgan fingerprint density at radius 3 is 2.50 bits per heavy atom. The fourth-order valence-electron chi connectivity index (χ4n) is 3.80. The minimum atomic E-state index is -3.73. The summed E-state index contributed by atoms with van der Waals surface area (Å²) in [4.78, 5) is 14.8. The number of halogens is 1. The molecule has 0 spiro atoms. The number of hydrogen-bond acceptors (Lipinski definition) is 8. The third-order valence-electron chi connectivity index (χ3n) is 5.61. The van der Waals surface area contributed by atoms with Crippen molar-refractivity contribution in [3.63, 3.8) is 0 Å². The van der Waals surface area contributed by atoms with Crippen LogP contribution in [-0.2, 0) is 14.8 Å². The van der Waals surface area contributed by atoms with Crippen molar-refractivity contribution >= 4 is 22.4 Å². The van der Waals surface area contributed by atoms with Gasteiger partial charge in [0.15, 0.2) is 5.76 Å². The van der Waals surface area contributed by atoms with Crippen LogP contribution in [0, 0.1) is 20.8 Å². The van der Waals surface area contributed by atoms with E-state index in [2.05, 4.69) is 19.9 Å². The minimum Gasteiger partial charge on any atom is -0.379 e. The van der Waals surface area contributed by atoms with Crippen molar-refractivity contribution in [2.24, 2.45) is 0 Å². The van der Waals surface area contributed by atoms with Gasteiger partial charge in [-0.3, -0.25) is 9.69 Å². The molecule has 0 saturated carbocycles. The van der Waals surface area contributed by atoms with Crippen LogP contribution in [0.15, 0.2) is 44.5 Å². The summed E-state index contributed by atoms with van der Waals surface area (Å²) in [7, 11) is -3.73. The molecule has 2 aromatic heterocycles. The Kier molecular flexibility index (Phi) is 8.26. The highest BCUT2D eigenvalue weighted by Crippen LogP contribution is 2.24. The van der Waals surface area contributed by atoms with E-state index < -0.39 is 10.0 Å². The van der Waals surface area contributed by atoms with Gasteiger partial charge in [0.1, 0.15) is 11.4 Å². The molecule has 10 nitrogen and oxygen atoms in total. The normalized spacial score (nSPS) is 14.7. The lowest BCUT2D eigenvalue weighted by atomic mass is 10.1. The largest absolute Gasteiger partial charge is 0.379 e. The van der Waals surface area contributed by atoms with E-state index >= 15 is 0 Å². The Morgan fingerprint density at radius 1 is 1.09 bits per heavy atom. The number of ether oxygens (including phenoxy) is 1. The van der Waals surface area contributed by atoms with E-state index in [9.17, 15) is 13.2 Å². The molecule has 0 amide bonds. The maximum atomic E-state index is 13.0. The molecule has 1 aliphatic rings. The SMILES string of the molecule is Cc1ccc(-c2ccc(=O)n(-c3c(C)noc3C)n2)cc1S(=O)(=O)NCCN1CCOCC1.Cl. The van der Waals surface area contributed by atoms with Gasteiger partial charge in [-0.15, -0.1) is 12.4 Å². The third kappa shape index (κ3) is 5.56. The van der Waals surface area contributed by atoms with E-state index in [-0.39, 0.29) is 22.9 Å². The van der Waals surface area contributed by atoms with Crippen molar-refractivity contribution in [1.29, 1.82) is 0 Å². The van der Waals surface area contributed by atoms with Crippen LogP contribution in [0.3, 0.4) is 0 Å². The molecule has 1 N–H and O–H groups in total. The number of nitrogens with one attached hydrogen (secondary N) is 1. The second kappa shape index (κ2) is 10.8. The summed E-state index contributed by atoms with van der Waals surface area (Å²) >= 11 is 0. The third-order valence-corrected chi connectivity index (χ3v) is 7.21. The maximum Gasteiger partial charge on any atom is 0.271 e. The van der Waals surface area contributed by atoms with Crippen molar-refractivity contribution < 1.29 is 17.7 Å². The number of rotatable bonds is 7. The molecule has 1 aliphatic heterocycles. The van der Waals surface area contributed by atoms with Gasteiger partial charge in [-0.1, -0.05) is 17.3 Å². The number of aromatic nitrogens is 3. The first-order valence-electron chi connectivity index (χ1n) is 10.7. The molecule has 0 radical (unpaired) electrons. The zero-order valence-corrected chi connectivity index (χ0v) is 20.9. The summed E-state index contributed by atoms with van der Waals surface area (Å²) in [5, 5.41) is 8.34. The molecule has 0 unspecified atom stereocenters. The predicted octanol–water partition coefficient (Wildman–Crippen LogP) is 1.85. The van der Waals surface area contributed by atoms with Crippen molar-refractivity contribution in [3.8, 4) is 16.9 Å². The summed E-state index contributed by atoms with van der Waals surface area (Å²) in [6.45, 7) is 9.02. The molecular formula is C22H28ClN5O5S. The highest BCUT2D eigenvalue weighted by molar-refractivity contribution is 7.89. The molecule has 3 heterocycles. The topological polar surface area (TPSA) is 120 Å². The Morgan fingerprint density at radius 2 is 1.82 bits per heavy atom. The number of benzene rings is 1. The average Bonchev–Trinajstić information content (AvgIpc) is 3.13. The van der Waals surface area contributed by atoms with E-state index in [4.69, 9.17) is 9.26 Å². The fraction of sp³-hybridized carbons (Fsp3) is 0.409. The van der Waals surface area contributed by atoms with Gasteiger partial charge in [0, 0.05) is 37.8 Å². The molecule has 4 rings (SSSR count). The van der Waals surface area contributed by atoms with Gasteiger partial charge in [0.25, 0.3) is 5.56 Å². The van der Waals surface area contributed by atoms with Gasteiger partial charge in [0.05, 0.1) is 23.8 Å². The molecule has 0 aliphatic carbocycles. The minimum absolute atomic E-state index is 0. The van der Waals surface area contributed by atoms with Crippen molar-refractivity contribution in [2.45, 2.75) is 25.7 Å². The second-order valence-corrected chi connectivity index (χ2v) is 9.71. The standard InChI is InChI=1S/C22H27N5O5S.ClH/c1-15-4-5-18(14-20(15)33(29,30)23-8-9-26-10-12-31-13-11-26)19-6-7-21(28)27(24-19)22-16(2)25-32-17(22)3;/h4-7,14,23H,8-13H2,1-3H3;1H. The first kappa shape index (κ1) is 26.0. The fourth-order valence-corrected chi connectivity index (χ4v) is 5.09. The molecular weight excluding hydrogens is 482 g/mol. The molecule has 1 fully saturated rings. The monoisotopic (exact) mass is 509 g/mol. The van der Waals surface area contributed by atoms with Crippen LogP contribution in [0.2, 0.25) is 0 Å². The highest BCUT2D eigenvalue weighted by atomic mass is 35.5. The van der Waals surface area contributed by atoms with E-state index in [1.165, 1.54) is 10.7 Å². The van der Waals surface area contributed by atoms with Gasteiger partial charge in [-0.2, -0.15) is 9.78 Å². The van der Waals surface area contributed by atoms with Gasteiger partial charge >= 0.3 is 0 Å². The van der Waals surface area contributed by atoms with E-state index in [1.54, 1.807) is 45.0 Å². The van der Waals surface area contributed by atoms with Crippen molar-refractivity contribution in [3.05, 3.63) is 57.7 Å².